The van der Waals surface area contributed by atoms with Crippen LogP contribution in [0.4, 0.5) is 0 Å². The van der Waals surface area contributed by atoms with E-state index < -0.39 is 0 Å². The van der Waals surface area contributed by atoms with Crippen molar-refractivity contribution in [1.82, 2.24) is 9.55 Å². The van der Waals surface area contributed by atoms with Gasteiger partial charge in [-0.3, -0.25) is 4.79 Å². The number of hydrogen-bond acceptors (Lipinski definition) is 5. The summed E-state index contributed by atoms with van der Waals surface area (Å²) in [5.41, 5.74) is 3.07. The number of fused-ring (bicyclic) bond motifs is 1. The van der Waals surface area contributed by atoms with Gasteiger partial charge in [0.15, 0.2) is 5.78 Å². The average Bonchev–Trinajstić information content (AvgIpc) is 3.22. The first-order valence-electron chi connectivity index (χ1n) is 8.92. The molecule has 2 heterocycles. The summed E-state index contributed by atoms with van der Waals surface area (Å²) in [5, 5.41) is 0. The van der Waals surface area contributed by atoms with E-state index in [-0.39, 0.29) is 5.78 Å². The van der Waals surface area contributed by atoms with Gasteiger partial charge >= 0.3 is 0 Å². The highest BCUT2D eigenvalue weighted by Crippen LogP contribution is 2.38. The Hall–Kier alpha value is -3.54. The maximum atomic E-state index is 13.2. The number of Topliss-reactive ketones (excluding diaryl/α,β-unsaturated/α-hetero) is 1. The summed E-state index contributed by atoms with van der Waals surface area (Å²) in [6, 6.07) is 11.4. The van der Waals surface area contributed by atoms with Crippen molar-refractivity contribution in [3.63, 3.8) is 0 Å². The van der Waals surface area contributed by atoms with Crippen molar-refractivity contribution < 1.29 is 19.0 Å². The minimum atomic E-state index is -0.0920. The SMILES string of the molecule is COc1cc(OC)c2c(c1)OCC/C(=C\c1ccc(-n3ccnc3)cc1)C2=O. The lowest BCUT2D eigenvalue weighted by Gasteiger charge is -2.12. The number of rotatable bonds is 4. The van der Waals surface area contributed by atoms with Crippen LogP contribution in [0.25, 0.3) is 11.8 Å². The maximum Gasteiger partial charge on any atom is 0.196 e. The van der Waals surface area contributed by atoms with Crippen molar-refractivity contribution in [1.29, 1.82) is 0 Å². The highest BCUT2D eigenvalue weighted by molar-refractivity contribution is 6.15. The molecule has 0 bridgehead atoms. The Labute approximate surface area is 163 Å². The third-order valence-corrected chi connectivity index (χ3v) is 4.68. The molecule has 0 saturated carbocycles. The minimum absolute atomic E-state index is 0.0920. The van der Waals surface area contributed by atoms with E-state index in [1.807, 2.05) is 41.1 Å². The van der Waals surface area contributed by atoms with E-state index in [1.165, 1.54) is 7.11 Å². The first-order valence-corrected chi connectivity index (χ1v) is 8.92. The second-order valence-corrected chi connectivity index (χ2v) is 6.36. The van der Waals surface area contributed by atoms with Gasteiger partial charge in [-0.25, -0.2) is 4.98 Å². The molecule has 6 nitrogen and oxygen atoms in total. The highest BCUT2D eigenvalue weighted by atomic mass is 16.5. The fraction of sp³-hybridized carbons (Fsp3) is 0.182. The Kier molecular flexibility index (Phi) is 4.85. The predicted octanol–water partition coefficient (Wildman–Crippen LogP) is 3.94. The molecule has 1 aliphatic heterocycles. The normalized spacial score (nSPS) is 14.9. The van der Waals surface area contributed by atoms with Crippen LogP contribution < -0.4 is 14.2 Å². The van der Waals surface area contributed by atoms with Crippen molar-refractivity contribution in [3.8, 4) is 22.9 Å². The maximum absolute atomic E-state index is 13.2. The van der Waals surface area contributed by atoms with Gasteiger partial charge in [0.05, 0.1) is 27.2 Å². The van der Waals surface area contributed by atoms with Crippen LogP contribution in [0.1, 0.15) is 22.3 Å². The van der Waals surface area contributed by atoms with Gasteiger partial charge in [-0.15, -0.1) is 0 Å². The number of imidazole rings is 1. The summed E-state index contributed by atoms with van der Waals surface area (Å²) in [5.74, 6) is 1.43. The second-order valence-electron chi connectivity index (χ2n) is 6.36. The number of nitrogens with zero attached hydrogens (tertiary/aromatic N) is 2. The zero-order valence-corrected chi connectivity index (χ0v) is 15.7. The molecule has 0 radical (unpaired) electrons. The van der Waals surface area contributed by atoms with Crippen molar-refractivity contribution in [2.45, 2.75) is 6.42 Å². The van der Waals surface area contributed by atoms with Gasteiger partial charge in [0.25, 0.3) is 0 Å². The number of carbonyl (C=O) groups excluding carboxylic acids is 1. The molecular weight excluding hydrogens is 356 g/mol. The van der Waals surface area contributed by atoms with Gasteiger partial charge in [-0.1, -0.05) is 12.1 Å². The molecule has 0 unspecified atom stereocenters. The van der Waals surface area contributed by atoms with E-state index >= 15 is 0 Å². The highest BCUT2D eigenvalue weighted by Gasteiger charge is 2.26. The molecular formula is C22H20N2O4. The Morgan fingerprint density at radius 1 is 1.14 bits per heavy atom. The van der Waals surface area contributed by atoms with Crippen molar-refractivity contribution in [3.05, 3.63) is 71.8 Å². The molecule has 4 rings (SSSR count). The van der Waals surface area contributed by atoms with Crippen LogP contribution in [0.15, 0.2) is 60.7 Å². The molecule has 0 saturated heterocycles. The first-order chi connectivity index (χ1) is 13.7. The Bertz CT molecular complexity index is 1020. The van der Waals surface area contributed by atoms with Crippen molar-refractivity contribution >= 4 is 11.9 Å². The topological polar surface area (TPSA) is 62.6 Å². The largest absolute Gasteiger partial charge is 0.496 e. The average molecular weight is 376 g/mol. The molecule has 0 N–H and O–H groups in total. The molecule has 0 spiro atoms. The van der Waals surface area contributed by atoms with Crippen molar-refractivity contribution in [2.24, 2.45) is 0 Å². The summed E-state index contributed by atoms with van der Waals surface area (Å²) in [6.07, 6.45) is 7.79. The third-order valence-electron chi connectivity index (χ3n) is 4.68. The van der Waals surface area contributed by atoms with E-state index in [0.717, 1.165) is 11.3 Å². The third kappa shape index (κ3) is 3.36. The van der Waals surface area contributed by atoms with E-state index in [1.54, 1.807) is 31.8 Å². The van der Waals surface area contributed by atoms with Crippen LogP contribution >= 0.6 is 0 Å². The number of ether oxygens (including phenoxy) is 3. The minimum Gasteiger partial charge on any atom is -0.496 e. The van der Waals surface area contributed by atoms with Crippen LogP contribution in [0.2, 0.25) is 0 Å². The molecule has 2 aromatic carbocycles. The zero-order chi connectivity index (χ0) is 19.5. The van der Waals surface area contributed by atoms with Crippen LogP contribution in [0, 0.1) is 0 Å². The molecule has 6 heteroatoms. The molecule has 142 valence electrons. The van der Waals surface area contributed by atoms with Gasteiger partial charge in [-0.2, -0.15) is 0 Å². The van der Waals surface area contributed by atoms with E-state index in [4.69, 9.17) is 14.2 Å². The summed E-state index contributed by atoms with van der Waals surface area (Å²) < 4.78 is 18.4. The van der Waals surface area contributed by atoms with Gasteiger partial charge in [0, 0.05) is 42.2 Å². The zero-order valence-electron chi connectivity index (χ0n) is 15.7. The number of aromatic nitrogens is 2. The lowest BCUT2D eigenvalue weighted by Crippen LogP contribution is -2.05. The number of carbonyl (C=O) groups is 1. The van der Waals surface area contributed by atoms with Gasteiger partial charge in [0.2, 0.25) is 0 Å². The summed E-state index contributed by atoms with van der Waals surface area (Å²) >= 11 is 0. The Morgan fingerprint density at radius 2 is 1.96 bits per heavy atom. The van der Waals surface area contributed by atoms with Crippen LogP contribution in [0.3, 0.4) is 0 Å². The standard InChI is InChI=1S/C22H20N2O4/c1-26-18-12-19(27-2)21-20(13-18)28-10-7-16(22(21)25)11-15-3-5-17(6-4-15)24-9-8-23-14-24/h3-6,8-9,11-14H,7,10H2,1-2H3/b16-11+. The number of ketones is 1. The fourth-order valence-corrected chi connectivity index (χ4v) is 3.22. The Balaban J connectivity index is 1.68. The summed E-state index contributed by atoms with van der Waals surface area (Å²) in [6.45, 7) is 0.411. The second kappa shape index (κ2) is 7.60. The van der Waals surface area contributed by atoms with Crippen LogP contribution in [0.5, 0.6) is 17.2 Å². The number of hydrogen-bond donors (Lipinski definition) is 0. The molecule has 1 aromatic heterocycles. The molecule has 3 aromatic rings. The lowest BCUT2D eigenvalue weighted by molar-refractivity contribution is 0.103. The van der Waals surface area contributed by atoms with Crippen LogP contribution in [-0.4, -0.2) is 36.2 Å². The summed E-state index contributed by atoms with van der Waals surface area (Å²) in [7, 11) is 3.10. The van der Waals surface area contributed by atoms with Gasteiger partial charge in [-0.05, 0) is 23.8 Å². The fourth-order valence-electron chi connectivity index (χ4n) is 3.22. The molecule has 0 amide bonds. The quantitative estimate of drug-likeness (QED) is 0.646. The van der Waals surface area contributed by atoms with Crippen LogP contribution in [-0.2, 0) is 0 Å². The van der Waals surface area contributed by atoms with Gasteiger partial charge < -0.3 is 18.8 Å². The van der Waals surface area contributed by atoms with Crippen molar-refractivity contribution in [2.75, 3.05) is 20.8 Å². The Morgan fingerprint density at radius 3 is 2.64 bits per heavy atom. The number of benzene rings is 2. The summed E-state index contributed by atoms with van der Waals surface area (Å²) in [4.78, 5) is 17.2. The number of methoxy groups -OCH3 is 2. The van der Waals surface area contributed by atoms with E-state index in [9.17, 15) is 4.79 Å². The lowest BCUT2D eigenvalue weighted by atomic mass is 9.98. The molecule has 0 atom stereocenters. The van der Waals surface area contributed by atoms with E-state index in [2.05, 4.69) is 4.98 Å². The monoisotopic (exact) mass is 376 g/mol. The smallest absolute Gasteiger partial charge is 0.196 e. The van der Waals surface area contributed by atoms with Gasteiger partial charge in [0.1, 0.15) is 22.8 Å². The molecule has 0 fully saturated rings. The first kappa shape index (κ1) is 17.9. The van der Waals surface area contributed by atoms with E-state index in [0.29, 0.717) is 41.4 Å². The molecule has 1 aliphatic rings. The predicted molar refractivity (Wildman–Crippen MR) is 106 cm³/mol. The molecule has 0 aliphatic carbocycles. The molecule has 28 heavy (non-hydrogen) atoms.